The summed E-state index contributed by atoms with van der Waals surface area (Å²) >= 11 is 0. The molecule has 0 radical (unpaired) electrons. The van der Waals surface area contributed by atoms with Gasteiger partial charge in [0.25, 0.3) is 0 Å². The van der Waals surface area contributed by atoms with E-state index in [0.717, 1.165) is 11.6 Å². The average Bonchev–Trinajstić information content (AvgIpc) is 2.35. The minimum absolute atomic E-state index is 0.133. The van der Waals surface area contributed by atoms with E-state index in [1.165, 1.54) is 24.3 Å². The lowest BCUT2D eigenvalue weighted by atomic mass is 10.1. The van der Waals surface area contributed by atoms with Crippen molar-refractivity contribution in [1.82, 2.24) is 0 Å². The number of phenols is 2. The maximum Gasteiger partial charge on any atom is 0.488 e. The third kappa shape index (κ3) is 4.81. The van der Waals surface area contributed by atoms with Gasteiger partial charge in [0, 0.05) is 6.07 Å². The zero-order valence-electron chi connectivity index (χ0n) is 10.6. The minimum Gasteiger partial charge on any atom is -0.508 e. The minimum atomic E-state index is -5.15. The Balaban J connectivity index is 2.25. The van der Waals surface area contributed by atoms with Crippen LogP contribution in [0.15, 0.2) is 42.5 Å². The first-order chi connectivity index (χ1) is 9.82. The molecule has 110 valence electrons. The molecule has 0 saturated carbocycles. The summed E-state index contributed by atoms with van der Waals surface area (Å²) in [5, 5.41) is 18.6. The van der Waals surface area contributed by atoms with E-state index in [0.29, 0.717) is 5.56 Å². The lowest BCUT2D eigenvalue weighted by molar-refractivity contribution is 0.435. The van der Waals surface area contributed by atoms with Crippen LogP contribution < -0.4 is 4.18 Å². The maximum absolute atomic E-state index is 12.5. The summed E-state index contributed by atoms with van der Waals surface area (Å²) in [7, 11) is -5.15. The van der Waals surface area contributed by atoms with Crippen LogP contribution in [0.4, 0.5) is 3.89 Å². The van der Waals surface area contributed by atoms with E-state index in [4.69, 9.17) is 5.11 Å². The van der Waals surface area contributed by atoms with Gasteiger partial charge in [-0.15, -0.1) is 0 Å². The highest BCUT2D eigenvalue weighted by Crippen LogP contribution is 2.25. The number of hydrogen-bond donors (Lipinski definition) is 2. The molecule has 0 aliphatic carbocycles. The van der Waals surface area contributed by atoms with Gasteiger partial charge in [-0.2, -0.15) is 8.42 Å². The number of hydrogen-bond acceptors (Lipinski definition) is 5. The SMILES string of the molecule is O=S(=O)(F)Oc1cc(O)cc(/C=C/c2ccc(O)cc2)c1. The van der Waals surface area contributed by atoms with Gasteiger partial charge >= 0.3 is 10.5 Å². The Bertz CT molecular complexity index is 766. The molecule has 2 N–H and O–H groups in total. The maximum atomic E-state index is 12.5. The molecule has 0 amide bonds. The van der Waals surface area contributed by atoms with Crippen LogP contribution in [0.2, 0.25) is 0 Å². The second-order valence-corrected chi connectivity index (χ2v) is 5.11. The number of halogens is 1. The van der Waals surface area contributed by atoms with Crippen molar-refractivity contribution in [2.45, 2.75) is 0 Å². The van der Waals surface area contributed by atoms with Crippen LogP contribution in [-0.4, -0.2) is 18.6 Å². The molecular formula is C14H11FO5S. The highest BCUT2D eigenvalue weighted by Gasteiger charge is 2.10. The van der Waals surface area contributed by atoms with Gasteiger partial charge in [-0.1, -0.05) is 28.2 Å². The Kier molecular flexibility index (Phi) is 4.13. The van der Waals surface area contributed by atoms with Crippen LogP contribution in [0.3, 0.4) is 0 Å². The Labute approximate surface area is 121 Å². The first-order valence-electron chi connectivity index (χ1n) is 5.77. The molecule has 0 spiro atoms. The van der Waals surface area contributed by atoms with E-state index in [1.807, 2.05) is 0 Å². The molecule has 0 aromatic heterocycles. The van der Waals surface area contributed by atoms with Gasteiger partial charge in [0.05, 0.1) is 0 Å². The Morgan fingerprint density at radius 1 is 0.905 bits per heavy atom. The Morgan fingerprint density at radius 3 is 2.14 bits per heavy atom. The standard InChI is InChI=1S/C14H11FO5S/c15-21(18,19)20-14-8-11(7-13(17)9-14)2-1-10-3-5-12(16)6-4-10/h1-9,16-17H/b2-1+. The summed E-state index contributed by atoms with van der Waals surface area (Å²) < 4.78 is 37.4. The van der Waals surface area contributed by atoms with Crippen LogP contribution in [0.25, 0.3) is 12.2 Å². The summed E-state index contributed by atoms with van der Waals surface area (Å²) in [6.07, 6.45) is 3.24. The summed E-state index contributed by atoms with van der Waals surface area (Å²) in [6.45, 7) is 0. The van der Waals surface area contributed by atoms with Crippen molar-refractivity contribution < 1.29 is 26.7 Å². The molecule has 2 aromatic carbocycles. The predicted molar refractivity (Wildman–Crippen MR) is 75.8 cm³/mol. The molecule has 7 heteroatoms. The van der Waals surface area contributed by atoms with Gasteiger partial charge in [-0.05, 0) is 35.4 Å². The molecule has 0 atom stereocenters. The summed E-state index contributed by atoms with van der Waals surface area (Å²) in [6, 6.07) is 9.94. The highest BCUT2D eigenvalue weighted by molar-refractivity contribution is 7.81. The number of phenolic OH excluding ortho intramolecular Hbond substituents is 2. The number of benzene rings is 2. The van der Waals surface area contributed by atoms with Gasteiger partial charge in [-0.3, -0.25) is 0 Å². The molecular weight excluding hydrogens is 299 g/mol. The van der Waals surface area contributed by atoms with Gasteiger partial charge in [-0.25, -0.2) is 0 Å². The van der Waals surface area contributed by atoms with Crippen molar-refractivity contribution in [1.29, 1.82) is 0 Å². The zero-order valence-corrected chi connectivity index (χ0v) is 11.4. The van der Waals surface area contributed by atoms with Gasteiger partial charge in [0.15, 0.2) is 0 Å². The highest BCUT2D eigenvalue weighted by atomic mass is 32.3. The predicted octanol–water partition coefficient (Wildman–Crippen LogP) is 2.86. The fourth-order valence-corrected chi connectivity index (χ4v) is 1.97. The lowest BCUT2D eigenvalue weighted by Crippen LogP contribution is -2.01. The second kappa shape index (κ2) is 5.84. The summed E-state index contributed by atoms with van der Waals surface area (Å²) in [5.74, 6) is -0.460. The second-order valence-electron chi connectivity index (χ2n) is 4.16. The molecule has 0 heterocycles. The van der Waals surface area contributed by atoms with E-state index in [2.05, 4.69) is 4.18 Å². The topological polar surface area (TPSA) is 83.8 Å². The van der Waals surface area contributed by atoms with Crippen LogP contribution in [0, 0.1) is 0 Å². The molecule has 0 bridgehead atoms. The van der Waals surface area contributed by atoms with Gasteiger partial charge in [0.1, 0.15) is 17.2 Å². The van der Waals surface area contributed by atoms with Crippen molar-refractivity contribution >= 4 is 22.7 Å². The van der Waals surface area contributed by atoms with Gasteiger partial charge < -0.3 is 14.4 Å². The van der Waals surface area contributed by atoms with Crippen LogP contribution >= 0.6 is 0 Å². The van der Waals surface area contributed by atoms with Gasteiger partial charge in [0.2, 0.25) is 0 Å². The fraction of sp³-hybridized carbons (Fsp3) is 0. The molecule has 0 aliphatic heterocycles. The first-order valence-corrected chi connectivity index (χ1v) is 7.08. The lowest BCUT2D eigenvalue weighted by Gasteiger charge is -2.03. The fourth-order valence-electron chi connectivity index (χ4n) is 1.64. The normalized spacial score (nSPS) is 11.7. The molecule has 2 rings (SSSR count). The van der Waals surface area contributed by atoms with Crippen molar-refractivity contribution in [3.8, 4) is 17.2 Å². The first kappa shape index (κ1) is 14.9. The number of rotatable bonds is 4. The number of aromatic hydroxyl groups is 2. The van der Waals surface area contributed by atoms with Crippen molar-refractivity contribution in [3.05, 3.63) is 53.6 Å². The van der Waals surface area contributed by atoms with E-state index in [1.54, 1.807) is 24.3 Å². The van der Waals surface area contributed by atoms with E-state index < -0.39 is 10.5 Å². The van der Waals surface area contributed by atoms with E-state index in [9.17, 15) is 17.4 Å². The third-order valence-electron chi connectivity index (χ3n) is 2.47. The van der Waals surface area contributed by atoms with Crippen molar-refractivity contribution in [2.24, 2.45) is 0 Å². The van der Waals surface area contributed by atoms with Crippen LogP contribution in [0.1, 0.15) is 11.1 Å². The Morgan fingerprint density at radius 2 is 1.52 bits per heavy atom. The van der Waals surface area contributed by atoms with Crippen molar-refractivity contribution in [3.63, 3.8) is 0 Å². The molecule has 21 heavy (non-hydrogen) atoms. The average molecular weight is 310 g/mol. The Hall–Kier alpha value is -2.54. The summed E-state index contributed by atoms with van der Waals surface area (Å²) in [5.41, 5.74) is 1.19. The zero-order chi connectivity index (χ0) is 15.5. The summed E-state index contributed by atoms with van der Waals surface area (Å²) in [4.78, 5) is 0. The molecule has 0 fully saturated rings. The quantitative estimate of drug-likeness (QED) is 0.670. The third-order valence-corrected chi connectivity index (χ3v) is 2.86. The van der Waals surface area contributed by atoms with E-state index in [-0.39, 0.29) is 17.2 Å². The molecule has 5 nitrogen and oxygen atoms in total. The molecule has 2 aromatic rings. The smallest absolute Gasteiger partial charge is 0.488 e. The molecule has 0 unspecified atom stereocenters. The largest absolute Gasteiger partial charge is 0.508 e. The molecule has 0 aliphatic rings. The van der Waals surface area contributed by atoms with E-state index >= 15 is 0 Å². The molecule has 0 saturated heterocycles. The van der Waals surface area contributed by atoms with Crippen molar-refractivity contribution in [2.75, 3.05) is 0 Å². The monoisotopic (exact) mass is 310 g/mol. The van der Waals surface area contributed by atoms with Crippen LogP contribution in [-0.2, 0) is 10.5 Å². The van der Waals surface area contributed by atoms with Crippen LogP contribution in [0.5, 0.6) is 17.2 Å².